The Labute approximate surface area is 296 Å². The quantitative estimate of drug-likeness (QED) is 0.0902. The Morgan fingerprint density at radius 2 is 1.76 bits per heavy atom. The van der Waals surface area contributed by atoms with Gasteiger partial charge >= 0.3 is 0 Å². The van der Waals surface area contributed by atoms with E-state index in [4.69, 9.17) is 14.7 Å². The fourth-order valence-electron chi connectivity index (χ4n) is 6.80. The molecule has 262 valence electrons. The first-order valence-electron chi connectivity index (χ1n) is 17.8. The summed E-state index contributed by atoms with van der Waals surface area (Å²) in [6, 6.07) is 18.3. The van der Waals surface area contributed by atoms with Crippen molar-refractivity contribution in [1.29, 1.82) is 0 Å². The first kappa shape index (κ1) is 35.0. The number of ether oxygens (including phenoxy) is 1. The number of aryl methyl sites for hydroxylation is 3. The van der Waals surface area contributed by atoms with Gasteiger partial charge in [-0.15, -0.1) is 6.58 Å². The molecule has 1 aliphatic carbocycles. The smallest absolute Gasteiger partial charge is 0.278 e. The molecule has 6 rings (SSSR count). The second-order valence-electron chi connectivity index (χ2n) is 13.3. The monoisotopic (exact) mass is 675 g/mol. The number of anilines is 2. The lowest BCUT2D eigenvalue weighted by Gasteiger charge is -2.36. The number of aliphatic hydroxyl groups is 1. The summed E-state index contributed by atoms with van der Waals surface area (Å²) in [5.74, 6) is 1.61. The van der Waals surface area contributed by atoms with Crippen LogP contribution < -0.4 is 14.6 Å². The van der Waals surface area contributed by atoms with Gasteiger partial charge in [0.2, 0.25) is 0 Å². The Kier molecular flexibility index (Phi) is 11.4. The van der Waals surface area contributed by atoms with Crippen LogP contribution in [0, 0.1) is 13.8 Å². The van der Waals surface area contributed by atoms with Crippen molar-refractivity contribution in [3.05, 3.63) is 101 Å². The number of amidine groups is 1. The summed E-state index contributed by atoms with van der Waals surface area (Å²) in [4.78, 5) is 32.2. The lowest BCUT2D eigenvalue weighted by Crippen LogP contribution is -2.46. The van der Waals surface area contributed by atoms with Gasteiger partial charge in [-0.3, -0.25) is 14.7 Å². The molecule has 3 aromatic rings. The molecular formula is C40H49N7O3. The fraction of sp³-hybridized carbons (Fsp3) is 0.400. The van der Waals surface area contributed by atoms with Gasteiger partial charge in [0, 0.05) is 38.1 Å². The third-order valence-corrected chi connectivity index (χ3v) is 9.83. The largest absolute Gasteiger partial charge is 0.494 e. The molecule has 3 aliphatic rings. The zero-order chi connectivity index (χ0) is 35.0. The van der Waals surface area contributed by atoms with Crippen LogP contribution in [0.25, 0.3) is 0 Å². The number of hydrogen-bond donors (Lipinski definition) is 1. The highest BCUT2D eigenvalue weighted by molar-refractivity contribution is 6.31. The number of pyridine rings is 1. The molecule has 1 unspecified atom stereocenters. The third kappa shape index (κ3) is 7.98. The zero-order valence-electron chi connectivity index (χ0n) is 29.4. The molecule has 2 aromatic carbocycles. The van der Waals surface area contributed by atoms with Gasteiger partial charge in [0.05, 0.1) is 30.6 Å². The van der Waals surface area contributed by atoms with E-state index in [9.17, 15) is 9.90 Å². The van der Waals surface area contributed by atoms with Gasteiger partial charge in [0.25, 0.3) is 5.91 Å². The number of unbranched alkanes of at least 4 members (excludes halogenated alkanes) is 3. The van der Waals surface area contributed by atoms with Crippen LogP contribution in [0.5, 0.6) is 5.75 Å². The molecule has 2 saturated heterocycles. The summed E-state index contributed by atoms with van der Waals surface area (Å²) in [7, 11) is 0. The van der Waals surface area contributed by atoms with E-state index in [1.54, 1.807) is 11.1 Å². The standard InChI is InChI=1S/C40H49N7O3/c1-5-20-46-40(49)35(28-41-4)39(47(46)37-19-12-31-11-18-36(48)38(31)43-37)42-32-13-15-33(16-14-32)45-24-22-44(23-25-45)21-8-6-7-9-26-50-34-17-10-29(2)30(3)27-34/h5,10,12-17,19,27-28,36,48H,1,4,6-9,11,18,20-26H2,2-3H3/b35-28+,42-39?. The number of nitrogens with zero attached hydrogens (tertiary/aromatic N) is 7. The highest BCUT2D eigenvalue weighted by Crippen LogP contribution is 2.35. The van der Waals surface area contributed by atoms with Crippen molar-refractivity contribution in [2.45, 2.75) is 58.5 Å². The molecule has 3 heterocycles. The van der Waals surface area contributed by atoms with E-state index in [1.807, 2.05) is 24.3 Å². The topological polar surface area (TPSA) is 97.1 Å². The van der Waals surface area contributed by atoms with Gasteiger partial charge in [0.15, 0.2) is 11.7 Å². The molecular weight excluding hydrogens is 626 g/mol. The maximum absolute atomic E-state index is 13.6. The van der Waals surface area contributed by atoms with E-state index in [0.717, 1.165) is 69.2 Å². The van der Waals surface area contributed by atoms with Crippen LogP contribution in [-0.4, -0.2) is 84.3 Å². The van der Waals surface area contributed by atoms with Crippen LogP contribution in [0.3, 0.4) is 0 Å². The van der Waals surface area contributed by atoms with E-state index in [1.165, 1.54) is 41.6 Å². The minimum absolute atomic E-state index is 0.252. The average Bonchev–Trinajstić information content (AvgIpc) is 3.62. The molecule has 50 heavy (non-hydrogen) atoms. The van der Waals surface area contributed by atoms with Crippen LogP contribution in [0.2, 0.25) is 0 Å². The van der Waals surface area contributed by atoms with Gasteiger partial charge in [-0.1, -0.05) is 31.1 Å². The van der Waals surface area contributed by atoms with E-state index < -0.39 is 6.10 Å². The summed E-state index contributed by atoms with van der Waals surface area (Å²) < 4.78 is 5.94. The number of aliphatic imine (C=N–C) groups is 2. The Morgan fingerprint density at radius 3 is 2.50 bits per heavy atom. The summed E-state index contributed by atoms with van der Waals surface area (Å²) in [5, 5.41) is 13.7. The highest BCUT2D eigenvalue weighted by Gasteiger charge is 2.41. The number of hydrazine groups is 1. The van der Waals surface area contributed by atoms with Crippen molar-refractivity contribution in [2.75, 3.05) is 55.8 Å². The van der Waals surface area contributed by atoms with Crippen molar-refractivity contribution in [1.82, 2.24) is 14.9 Å². The van der Waals surface area contributed by atoms with E-state index in [-0.39, 0.29) is 12.5 Å². The molecule has 2 aliphatic heterocycles. The second-order valence-corrected chi connectivity index (χ2v) is 13.3. The second kappa shape index (κ2) is 16.3. The molecule has 0 bridgehead atoms. The Hall–Kier alpha value is -4.80. The number of aliphatic hydroxyl groups excluding tert-OH is 1. The van der Waals surface area contributed by atoms with Gasteiger partial charge in [-0.25, -0.2) is 20.0 Å². The highest BCUT2D eigenvalue weighted by atomic mass is 16.5. The Morgan fingerprint density at radius 1 is 0.980 bits per heavy atom. The number of hydrogen-bond acceptors (Lipinski definition) is 8. The fourth-order valence-corrected chi connectivity index (χ4v) is 6.80. The number of benzene rings is 2. The first-order chi connectivity index (χ1) is 24.4. The lowest BCUT2D eigenvalue weighted by atomic mass is 10.1. The number of carbonyl (C=O) groups is 1. The average molecular weight is 676 g/mol. The Balaban J connectivity index is 1.03. The number of rotatable bonds is 14. The van der Waals surface area contributed by atoms with Gasteiger partial charge in [-0.2, -0.15) is 0 Å². The van der Waals surface area contributed by atoms with Crippen molar-refractivity contribution in [3.63, 3.8) is 0 Å². The van der Waals surface area contributed by atoms with Crippen LogP contribution in [0.4, 0.5) is 17.2 Å². The predicted molar refractivity (Wildman–Crippen MR) is 202 cm³/mol. The SMILES string of the molecule is C=CCN1C(=O)/C(=C/N=C)C(=Nc2ccc(N3CCN(CCCCCCOc4ccc(C)c(C)c4)CC3)cc2)N1c1ccc2c(n1)C(O)CC2. The van der Waals surface area contributed by atoms with Gasteiger partial charge in [0.1, 0.15) is 11.3 Å². The zero-order valence-corrected chi connectivity index (χ0v) is 29.4. The molecule has 1 amide bonds. The van der Waals surface area contributed by atoms with E-state index in [2.05, 4.69) is 72.3 Å². The lowest BCUT2D eigenvalue weighted by molar-refractivity contribution is -0.124. The predicted octanol–water partition coefficient (Wildman–Crippen LogP) is 6.50. The molecule has 0 saturated carbocycles. The van der Waals surface area contributed by atoms with Crippen molar-refractivity contribution in [3.8, 4) is 5.75 Å². The Bertz CT molecular complexity index is 1740. The van der Waals surface area contributed by atoms with Crippen molar-refractivity contribution < 1.29 is 14.6 Å². The van der Waals surface area contributed by atoms with Crippen molar-refractivity contribution >= 4 is 35.7 Å². The molecule has 10 nitrogen and oxygen atoms in total. The minimum Gasteiger partial charge on any atom is -0.494 e. The maximum Gasteiger partial charge on any atom is 0.278 e. The summed E-state index contributed by atoms with van der Waals surface area (Å²) in [6.07, 6.45) is 8.60. The first-order valence-corrected chi connectivity index (χ1v) is 17.8. The molecule has 0 radical (unpaired) electrons. The third-order valence-electron chi connectivity index (χ3n) is 9.83. The van der Waals surface area contributed by atoms with Crippen LogP contribution in [0.1, 0.15) is 60.6 Å². The maximum atomic E-state index is 13.6. The number of fused-ring (bicyclic) bond motifs is 1. The van der Waals surface area contributed by atoms with Crippen LogP contribution >= 0.6 is 0 Å². The van der Waals surface area contributed by atoms with Crippen molar-refractivity contribution in [2.24, 2.45) is 9.98 Å². The van der Waals surface area contributed by atoms with E-state index >= 15 is 0 Å². The summed E-state index contributed by atoms with van der Waals surface area (Å²) >= 11 is 0. The molecule has 0 spiro atoms. The molecule has 1 N–H and O–H groups in total. The molecule has 1 atom stereocenters. The summed E-state index contributed by atoms with van der Waals surface area (Å²) in [6.45, 7) is 17.9. The summed E-state index contributed by atoms with van der Waals surface area (Å²) in [5.41, 5.74) is 6.41. The van der Waals surface area contributed by atoms with Crippen LogP contribution in [0.15, 0.2) is 89.0 Å². The molecule has 2 fully saturated rings. The van der Waals surface area contributed by atoms with Crippen LogP contribution in [-0.2, 0) is 11.2 Å². The van der Waals surface area contributed by atoms with Gasteiger partial charge in [-0.05, 0) is 112 Å². The number of carbonyl (C=O) groups excluding carboxylic acids is 1. The number of aromatic nitrogens is 1. The molecule has 10 heteroatoms. The normalized spacial score (nSPS) is 19.5. The van der Waals surface area contributed by atoms with Gasteiger partial charge < -0.3 is 14.7 Å². The molecule has 1 aromatic heterocycles. The minimum atomic E-state index is -0.624. The number of piperazine rings is 1. The van der Waals surface area contributed by atoms with E-state index in [0.29, 0.717) is 35.0 Å². The number of amides is 1.